The van der Waals surface area contributed by atoms with Gasteiger partial charge in [-0.05, 0) is 46.2 Å². The molecule has 0 radical (unpaired) electrons. The molecule has 20 heavy (non-hydrogen) atoms. The van der Waals surface area contributed by atoms with Gasteiger partial charge in [0.25, 0.3) is 0 Å². The molecule has 2 rings (SSSR count). The van der Waals surface area contributed by atoms with Crippen LogP contribution in [0.25, 0.3) is 0 Å². The van der Waals surface area contributed by atoms with Gasteiger partial charge in [-0.3, -0.25) is 0 Å². The van der Waals surface area contributed by atoms with Crippen LogP contribution in [0.3, 0.4) is 0 Å². The van der Waals surface area contributed by atoms with Crippen molar-refractivity contribution in [1.29, 1.82) is 0 Å². The molecule has 1 aromatic rings. The molecule has 0 unspecified atom stereocenters. The summed E-state index contributed by atoms with van der Waals surface area (Å²) in [6.45, 7) is 7.31. The molecule has 1 aromatic carbocycles. The van der Waals surface area contributed by atoms with E-state index in [0.717, 1.165) is 24.9 Å². The summed E-state index contributed by atoms with van der Waals surface area (Å²) in [4.78, 5) is 2.31. The molecule has 1 aliphatic heterocycles. The summed E-state index contributed by atoms with van der Waals surface area (Å²) in [5.41, 5.74) is 0.855. The monoisotopic (exact) mass is 277 g/mol. The first-order valence-corrected chi connectivity index (χ1v) is 7.48. The minimum absolute atomic E-state index is 0.133. The Morgan fingerprint density at radius 2 is 1.95 bits per heavy atom. The first-order valence-electron chi connectivity index (χ1n) is 7.48. The average molecular weight is 277 g/mol. The normalized spacial score (nSPS) is 25.9. The van der Waals surface area contributed by atoms with Crippen molar-refractivity contribution in [3.8, 4) is 0 Å². The number of likely N-dealkylation sites (N-methyl/N-ethyl adjacent to an activating group) is 1. The van der Waals surface area contributed by atoms with Gasteiger partial charge in [-0.1, -0.05) is 30.3 Å². The van der Waals surface area contributed by atoms with Crippen LogP contribution in [0.5, 0.6) is 0 Å². The van der Waals surface area contributed by atoms with Crippen molar-refractivity contribution >= 4 is 0 Å². The Kier molecular flexibility index (Phi) is 4.84. The summed E-state index contributed by atoms with van der Waals surface area (Å²) in [7, 11) is 2.12. The zero-order chi connectivity index (χ0) is 14.8. The highest BCUT2D eigenvalue weighted by molar-refractivity contribution is 5.17. The van der Waals surface area contributed by atoms with Crippen molar-refractivity contribution in [2.45, 2.75) is 57.5 Å². The Morgan fingerprint density at radius 1 is 1.30 bits per heavy atom. The minimum atomic E-state index is -0.423. The number of aliphatic hydroxyl groups is 1. The topological polar surface area (TPSA) is 32.7 Å². The molecule has 0 aromatic heterocycles. The van der Waals surface area contributed by atoms with E-state index in [9.17, 15) is 5.11 Å². The molecular weight excluding hydrogens is 250 g/mol. The quantitative estimate of drug-likeness (QED) is 0.918. The third-order valence-corrected chi connectivity index (χ3v) is 3.92. The van der Waals surface area contributed by atoms with E-state index in [1.165, 1.54) is 0 Å². The number of aliphatic hydroxyl groups excluding tert-OH is 1. The van der Waals surface area contributed by atoms with E-state index in [2.05, 4.69) is 32.7 Å². The van der Waals surface area contributed by atoms with Crippen LogP contribution in [0.1, 0.15) is 45.3 Å². The summed E-state index contributed by atoms with van der Waals surface area (Å²) < 4.78 is 6.17. The minimum Gasteiger partial charge on any atom is -0.388 e. The van der Waals surface area contributed by atoms with Crippen LogP contribution in [0.4, 0.5) is 0 Å². The second kappa shape index (κ2) is 6.25. The third-order valence-electron chi connectivity index (χ3n) is 3.92. The van der Waals surface area contributed by atoms with Gasteiger partial charge in [-0.25, -0.2) is 0 Å². The molecule has 0 bridgehead atoms. The molecule has 0 saturated carbocycles. The zero-order valence-corrected chi connectivity index (χ0v) is 13.0. The molecule has 0 aliphatic carbocycles. The fourth-order valence-electron chi connectivity index (χ4n) is 2.94. The maximum absolute atomic E-state index is 10.4. The van der Waals surface area contributed by atoms with Crippen molar-refractivity contribution < 1.29 is 9.84 Å². The highest BCUT2D eigenvalue weighted by atomic mass is 16.5. The largest absolute Gasteiger partial charge is 0.388 e. The van der Waals surface area contributed by atoms with Gasteiger partial charge in [0.2, 0.25) is 0 Å². The lowest BCUT2D eigenvalue weighted by atomic mass is 9.98. The van der Waals surface area contributed by atoms with Crippen LogP contribution in [0, 0.1) is 0 Å². The summed E-state index contributed by atoms with van der Waals surface area (Å²) in [5, 5.41) is 10.4. The van der Waals surface area contributed by atoms with Gasteiger partial charge in [0.1, 0.15) is 0 Å². The predicted octanol–water partition coefficient (Wildman–Crippen LogP) is 3.00. The number of hydrogen-bond donors (Lipinski definition) is 1. The standard InChI is InChI=1S/C17H27NO2/c1-17(2,3)20-16-10-11-18(4)14(16)12-15(19)13-8-6-5-7-9-13/h5-9,14-16,19H,10-12H2,1-4H3/t14-,15-,16-/m0/s1. The van der Waals surface area contributed by atoms with Gasteiger partial charge in [0.15, 0.2) is 0 Å². The van der Waals surface area contributed by atoms with Gasteiger partial charge in [-0.2, -0.15) is 0 Å². The molecule has 1 saturated heterocycles. The molecule has 1 N–H and O–H groups in total. The molecule has 3 atom stereocenters. The number of rotatable bonds is 4. The first-order chi connectivity index (χ1) is 9.37. The van der Waals surface area contributed by atoms with E-state index in [-0.39, 0.29) is 17.7 Å². The molecule has 112 valence electrons. The number of nitrogens with zero attached hydrogens (tertiary/aromatic N) is 1. The lowest BCUT2D eigenvalue weighted by Crippen LogP contribution is -2.39. The highest BCUT2D eigenvalue weighted by Gasteiger charge is 2.36. The molecule has 1 heterocycles. The first kappa shape index (κ1) is 15.5. The van der Waals surface area contributed by atoms with E-state index < -0.39 is 6.10 Å². The summed E-state index contributed by atoms with van der Waals surface area (Å²) in [6.07, 6.45) is 1.55. The Balaban J connectivity index is 2.02. The van der Waals surface area contributed by atoms with Gasteiger partial charge in [-0.15, -0.1) is 0 Å². The Morgan fingerprint density at radius 3 is 2.55 bits per heavy atom. The fourth-order valence-corrected chi connectivity index (χ4v) is 2.94. The summed E-state index contributed by atoms with van der Waals surface area (Å²) >= 11 is 0. The second-order valence-corrected chi connectivity index (χ2v) is 6.77. The molecule has 3 nitrogen and oxygen atoms in total. The van der Waals surface area contributed by atoms with Gasteiger partial charge in [0.05, 0.1) is 17.8 Å². The SMILES string of the molecule is CN1CC[C@H](OC(C)(C)C)[C@@H]1C[C@H](O)c1ccccc1. The van der Waals surface area contributed by atoms with Gasteiger partial charge >= 0.3 is 0 Å². The lowest BCUT2D eigenvalue weighted by Gasteiger charge is -2.32. The number of likely N-dealkylation sites (tertiary alicyclic amines) is 1. The Labute approximate surface area is 122 Å². The van der Waals surface area contributed by atoms with E-state index in [1.807, 2.05) is 30.3 Å². The van der Waals surface area contributed by atoms with Crippen molar-refractivity contribution in [2.24, 2.45) is 0 Å². The maximum Gasteiger partial charge on any atom is 0.0806 e. The summed E-state index contributed by atoms with van der Waals surface area (Å²) in [6, 6.07) is 10.2. The van der Waals surface area contributed by atoms with E-state index in [4.69, 9.17) is 4.74 Å². The number of benzene rings is 1. The van der Waals surface area contributed by atoms with Crippen LogP contribution in [0.2, 0.25) is 0 Å². The fraction of sp³-hybridized carbons (Fsp3) is 0.647. The van der Waals surface area contributed by atoms with Crippen LogP contribution in [-0.4, -0.2) is 41.3 Å². The molecule has 1 aliphatic rings. The molecule has 0 amide bonds. The molecule has 0 spiro atoms. The van der Waals surface area contributed by atoms with Crippen molar-refractivity contribution in [2.75, 3.05) is 13.6 Å². The molecular formula is C17H27NO2. The average Bonchev–Trinajstić information content (AvgIpc) is 2.70. The number of hydrogen-bond acceptors (Lipinski definition) is 3. The Hall–Kier alpha value is -0.900. The van der Waals surface area contributed by atoms with Crippen LogP contribution < -0.4 is 0 Å². The Bertz CT molecular complexity index is 413. The van der Waals surface area contributed by atoms with Gasteiger partial charge < -0.3 is 14.7 Å². The van der Waals surface area contributed by atoms with Crippen LogP contribution >= 0.6 is 0 Å². The zero-order valence-electron chi connectivity index (χ0n) is 13.0. The second-order valence-electron chi connectivity index (χ2n) is 6.77. The molecule has 1 fully saturated rings. The van der Waals surface area contributed by atoms with Crippen molar-refractivity contribution in [3.05, 3.63) is 35.9 Å². The van der Waals surface area contributed by atoms with Crippen LogP contribution in [0.15, 0.2) is 30.3 Å². The summed E-state index contributed by atoms with van der Waals surface area (Å²) in [5.74, 6) is 0. The maximum atomic E-state index is 10.4. The van der Waals surface area contributed by atoms with Gasteiger partial charge in [0, 0.05) is 12.6 Å². The van der Waals surface area contributed by atoms with Crippen molar-refractivity contribution in [1.82, 2.24) is 4.90 Å². The number of ether oxygens (including phenoxy) is 1. The van der Waals surface area contributed by atoms with Crippen LogP contribution in [-0.2, 0) is 4.74 Å². The molecule has 3 heteroatoms. The van der Waals surface area contributed by atoms with E-state index in [0.29, 0.717) is 0 Å². The smallest absolute Gasteiger partial charge is 0.0806 e. The highest BCUT2D eigenvalue weighted by Crippen LogP contribution is 2.30. The van der Waals surface area contributed by atoms with E-state index >= 15 is 0 Å². The predicted molar refractivity (Wildman–Crippen MR) is 81.7 cm³/mol. The van der Waals surface area contributed by atoms with Crippen molar-refractivity contribution in [3.63, 3.8) is 0 Å². The van der Waals surface area contributed by atoms with E-state index in [1.54, 1.807) is 0 Å². The third kappa shape index (κ3) is 4.05. The lowest BCUT2D eigenvalue weighted by molar-refractivity contribution is -0.0769.